The SMILES string of the molecule is CNCCCc1ncc(-c2ccc(Cl)s2)[nH]1. The normalized spacial score (nSPS) is 10.9. The maximum atomic E-state index is 5.90. The molecule has 0 aliphatic rings. The molecule has 0 spiro atoms. The lowest BCUT2D eigenvalue weighted by molar-refractivity contribution is 0.708. The first-order valence-electron chi connectivity index (χ1n) is 5.24. The molecular formula is C11H14ClN3S. The van der Waals surface area contributed by atoms with Crippen molar-refractivity contribution in [1.82, 2.24) is 15.3 Å². The van der Waals surface area contributed by atoms with Gasteiger partial charge < -0.3 is 10.3 Å². The summed E-state index contributed by atoms with van der Waals surface area (Å²) in [4.78, 5) is 8.80. The van der Waals surface area contributed by atoms with E-state index in [1.165, 1.54) is 0 Å². The Kier molecular flexibility index (Phi) is 3.98. The van der Waals surface area contributed by atoms with Gasteiger partial charge in [0.2, 0.25) is 0 Å². The summed E-state index contributed by atoms with van der Waals surface area (Å²) >= 11 is 7.46. The number of hydrogen-bond acceptors (Lipinski definition) is 3. The Balaban J connectivity index is 2.02. The van der Waals surface area contributed by atoms with Crippen molar-refractivity contribution in [3.63, 3.8) is 0 Å². The minimum Gasteiger partial charge on any atom is -0.341 e. The van der Waals surface area contributed by atoms with Crippen molar-refractivity contribution in [2.75, 3.05) is 13.6 Å². The Bertz CT molecular complexity index is 450. The van der Waals surface area contributed by atoms with Gasteiger partial charge in [-0.25, -0.2) is 4.98 Å². The van der Waals surface area contributed by atoms with Gasteiger partial charge in [-0.3, -0.25) is 0 Å². The number of aromatic nitrogens is 2. The highest BCUT2D eigenvalue weighted by molar-refractivity contribution is 7.19. The fourth-order valence-corrected chi connectivity index (χ4v) is 2.51. The maximum absolute atomic E-state index is 5.90. The molecule has 2 N–H and O–H groups in total. The highest BCUT2D eigenvalue weighted by Gasteiger charge is 2.05. The number of halogens is 1. The standard InChI is InChI=1S/C11H14ClN3S/c1-13-6-2-3-11-14-7-8(15-11)9-4-5-10(12)16-9/h4-5,7,13H,2-3,6H2,1H3,(H,14,15). The van der Waals surface area contributed by atoms with Crippen molar-refractivity contribution in [2.45, 2.75) is 12.8 Å². The van der Waals surface area contributed by atoms with Gasteiger partial charge >= 0.3 is 0 Å². The minimum absolute atomic E-state index is 0.807. The van der Waals surface area contributed by atoms with Crippen molar-refractivity contribution < 1.29 is 0 Å². The molecule has 0 radical (unpaired) electrons. The van der Waals surface area contributed by atoms with Gasteiger partial charge in [-0.15, -0.1) is 11.3 Å². The third-order valence-electron chi connectivity index (χ3n) is 2.31. The fraction of sp³-hybridized carbons (Fsp3) is 0.364. The van der Waals surface area contributed by atoms with Gasteiger partial charge in [0, 0.05) is 6.42 Å². The van der Waals surface area contributed by atoms with Crippen LogP contribution < -0.4 is 5.32 Å². The molecule has 2 aromatic rings. The Hall–Kier alpha value is -0.840. The monoisotopic (exact) mass is 255 g/mol. The number of imidazole rings is 1. The number of aryl methyl sites for hydroxylation is 1. The van der Waals surface area contributed by atoms with Crippen molar-refractivity contribution in [2.24, 2.45) is 0 Å². The molecule has 0 fully saturated rings. The summed E-state index contributed by atoms with van der Waals surface area (Å²) in [6, 6.07) is 3.92. The zero-order valence-corrected chi connectivity index (χ0v) is 10.7. The van der Waals surface area contributed by atoms with Crippen LogP contribution in [0.4, 0.5) is 0 Å². The predicted octanol–water partition coefficient (Wildman–Crippen LogP) is 2.94. The molecule has 2 aromatic heterocycles. The molecule has 0 aliphatic heterocycles. The number of aromatic amines is 1. The van der Waals surface area contributed by atoms with Crippen molar-refractivity contribution >= 4 is 22.9 Å². The van der Waals surface area contributed by atoms with Crippen LogP contribution in [0.3, 0.4) is 0 Å². The number of thiophene rings is 1. The molecule has 0 aromatic carbocycles. The van der Waals surface area contributed by atoms with Gasteiger partial charge in [-0.1, -0.05) is 11.6 Å². The Morgan fingerprint density at radius 2 is 2.38 bits per heavy atom. The Morgan fingerprint density at radius 1 is 1.50 bits per heavy atom. The van der Waals surface area contributed by atoms with Crippen LogP contribution in [0.5, 0.6) is 0 Å². The van der Waals surface area contributed by atoms with E-state index >= 15 is 0 Å². The minimum atomic E-state index is 0.807. The number of rotatable bonds is 5. The van der Waals surface area contributed by atoms with Crippen molar-refractivity contribution in [1.29, 1.82) is 0 Å². The summed E-state index contributed by atoms with van der Waals surface area (Å²) in [5, 5.41) is 3.12. The first-order valence-corrected chi connectivity index (χ1v) is 6.43. The zero-order valence-electron chi connectivity index (χ0n) is 9.09. The van der Waals surface area contributed by atoms with E-state index in [0.717, 1.165) is 40.1 Å². The molecule has 0 aliphatic carbocycles. The second kappa shape index (κ2) is 5.48. The average Bonchev–Trinajstić information content (AvgIpc) is 2.87. The molecule has 86 valence electrons. The molecule has 0 saturated heterocycles. The largest absolute Gasteiger partial charge is 0.341 e. The average molecular weight is 256 g/mol. The molecule has 3 nitrogen and oxygen atoms in total. The van der Waals surface area contributed by atoms with Crippen LogP contribution in [0, 0.1) is 0 Å². The molecule has 2 heterocycles. The van der Waals surface area contributed by atoms with Gasteiger partial charge in [0.25, 0.3) is 0 Å². The van der Waals surface area contributed by atoms with Crippen molar-refractivity contribution in [3.05, 3.63) is 28.5 Å². The molecule has 5 heteroatoms. The van der Waals surface area contributed by atoms with Gasteiger partial charge in [0.1, 0.15) is 5.82 Å². The maximum Gasteiger partial charge on any atom is 0.106 e. The second-order valence-corrected chi connectivity index (χ2v) is 5.27. The third kappa shape index (κ3) is 2.84. The summed E-state index contributed by atoms with van der Waals surface area (Å²) in [7, 11) is 1.96. The lowest BCUT2D eigenvalue weighted by atomic mass is 10.3. The summed E-state index contributed by atoms with van der Waals surface area (Å²) in [6.07, 6.45) is 3.94. The number of nitrogens with one attached hydrogen (secondary N) is 2. The molecule has 0 bridgehead atoms. The molecule has 0 saturated carbocycles. The van der Waals surface area contributed by atoms with E-state index in [2.05, 4.69) is 15.3 Å². The number of H-pyrrole nitrogens is 1. The van der Waals surface area contributed by atoms with E-state index in [-0.39, 0.29) is 0 Å². The van der Waals surface area contributed by atoms with Crippen LogP contribution >= 0.6 is 22.9 Å². The smallest absolute Gasteiger partial charge is 0.106 e. The van der Waals surface area contributed by atoms with Crippen molar-refractivity contribution in [3.8, 4) is 10.6 Å². The van der Waals surface area contributed by atoms with E-state index in [1.54, 1.807) is 11.3 Å². The predicted molar refractivity (Wildman–Crippen MR) is 69.2 cm³/mol. The summed E-state index contributed by atoms with van der Waals surface area (Å²) in [5.74, 6) is 1.04. The Labute approximate surface area is 104 Å². The van der Waals surface area contributed by atoms with Crippen LogP contribution in [0.1, 0.15) is 12.2 Å². The highest BCUT2D eigenvalue weighted by Crippen LogP contribution is 2.29. The fourth-order valence-electron chi connectivity index (χ4n) is 1.51. The number of hydrogen-bond donors (Lipinski definition) is 2. The number of nitrogens with zero attached hydrogens (tertiary/aromatic N) is 1. The van der Waals surface area contributed by atoms with E-state index in [9.17, 15) is 0 Å². The summed E-state index contributed by atoms with van der Waals surface area (Å²) in [6.45, 7) is 1.01. The van der Waals surface area contributed by atoms with Gasteiger partial charge in [-0.05, 0) is 32.1 Å². The summed E-state index contributed by atoms with van der Waals surface area (Å²) in [5.41, 5.74) is 1.05. The topological polar surface area (TPSA) is 40.7 Å². The first kappa shape index (κ1) is 11.6. The molecular weight excluding hydrogens is 242 g/mol. The molecule has 0 amide bonds. The second-order valence-electron chi connectivity index (χ2n) is 3.55. The third-order valence-corrected chi connectivity index (χ3v) is 3.57. The molecule has 0 unspecified atom stereocenters. The van der Waals surface area contributed by atoms with E-state index < -0.39 is 0 Å². The lowest BCUT2D eigenvalue weighted by Crippen LogP contribution is -2.08. The first-order chi connectivity index (χ1) is 7.79. The van der Waals surface area contributed by atoms with E-state index in [1.807, 2.05) is 25.4 Å². The van der Waals surface area contributed by atoms with E-state index in [0.29, 0.717) is 0 Å². The van der Waals surface area contributed by atoms with Crippen LogP contribution in [-0.4, -0.2) is 23.6 Å². The van der Waals surface area contributed by atoms with Crippen LogP contribution in [0.25, 0.3) is 10.6 Å². The molecule has 0 atom stereocenters. The van der Waals surface area contributed by atoms with Gasteiger partial charge in [0.05, 0.1) is 21.1 Å². The van der Waals surface area contributed by atoms with Crippen LogP contribution in [0.2, 0.25) is 4.34 Å². The lowest BCUT2D eigenvalue weighted by Gasteiger charge is -1.96. The Morgan fingerprint density at radius 3 is 3.06 bits per heavy atom. The van der Waals surface area contributed by atoms with Crippen LogP contribution in [-0.2, 0) is 6.42 Å². The highest BCUT2D eigenvalue weighted by atomic mass is 35.5. The van der Waals surface area contributed by atoms with Gasteiger partial charge in [-0.2, -0.15) is 0 Å². The molecule has 16 heavy (non-hydrogen) atoms. The van der Waals surface area contributed by atoms with Crippen LogP contribution in [0.15, 0.2) is 18.3 Å². The zero-order chi connectivity index (χ0) is 11.4. The van der Waals surface area contributed by atoms with E-state index in [4.69, 9.17) is 11.6 Å². The summed E-state index contributed by atoms with van der Waals surface area (Å²) < 4.78 is 0.807. The van der Waals surface area contributed by atoms with Gasteiger partial charge in [0.15, 0.2) is 0 Å². The quantitative estimate of drug-likeness (QED) is 0.807. The molecule has 2 rings (SSSR count).